The van der Waals surface area contributed by atoms with Crippen LogP contribution >= 0.6 is 11.3 Å². The summed E-state index contributed by atoms with van der Waals surface area (Å²) in [5.74, 6) is 0. The molecule has 6 heteroatoms. The number of hydrogen-bond donors (Lipinski definition) is 2. The number of nitrogens with one attached hydrogen (secondary N) is 2. The van der Waals surface area contributed by atoms with Gasteiger partial charge in [-0.25, -0.2) is 4.98 Å². The van der Waals surface area contributed by atoms with Crippen molar-refractivity contribution in [2.75, 3.05) is 0 Å². The molecular formula is C11H11N3O2S. The van der Waals surface area contributed by atoms with Crippen LogP contribution in [0.4, 0.5) is 0 Å². The zero-order valence-corrected chi connectivity index (χ0v) is 9.84. The van der Waals surface area contributed by atoms with Crippen molar-refractivity contribution < 1.29 is 4.79 Å². The molecule has 3 rings (SSSR count). The van der Waals surface area contributed by atoms with E-state index in [9.17, 15) is 9.59 Å². The topological polar surface area (TPSA) is 74.8 Å². The van der Waals surface area contributed by atoms with Crippen molar-refractivity contribution in [2.45, 2.75) is 25.3 Å². The first kappa shape index (κ1) is 10.5. The Bertz CT molecular complexity index is 631. The van der Waals surface area contributed by atoms with Gasteiger partial charge >= 0.3 is 0 Å². The summed E-state index contributed by atoms with van der Waals surface area (Å²) in [4.78, 5) is 31.0. The number of carbonyl (C=O) groups excluding carboxylic acids is 1. The summed E-state index contributed by atoms with van der Waals surface area (Å²) in [7, 11) is 0. The Kier molecular flexibility index (Phi) is 2.44. The molecule has 2 N–H and O–H groups in total. The smallest absolute Gasteiger partial charge is 0.259 e. The van der Waals surface area contributed by atoms with Crippen LogP contribution in [0.1, 0.15) is 29.3 Å². The first-order valence-corrected chi connectivity index (χ1v) is 6.31. The van der Waals surface area contributed by atoms with Gasteiger partial charge in [-0.2, -0.15) is 0 Å². The van der Waals surface area contributed by atoms with Gasteiger partial charge in [0.15, 0.2) is 0 Å². The van der Waals surface area contributed by atoms with Gasteiger partial charge in [0, 0.05) is 4.88 Å². The number of aryl methyl sites for hydroxylation is 1. The number of carbonyl (C=O) groups is 1. The molecule has 0 aliphatic heterocycles. The van der Waals surface area contributed by atoms with Crippen LogP contribution in [0, 0.1) is 0 Å². The molecule has 2 aromatic heterocycles. The first-order chi connectivity index (χ1) is 8.31. The second kappa shape index (κ2) is 3.96. The summed E-state index contributed by atoms with van der Waals surface area (Å²) < 4.78 is 0. The molecule has 0 bridgehead atoms. The van der Waals surface area contributed by atoms with Crippen molar-refractivity contribution in [3.05, 3.63) is 27.1 Å². The molecule has 1 unspecified atom stereocenters. The molecule has 1 atom stereocenters. The highest BCUT2D eigenvalue weighted by Gasteiger charge is 2.25. The molecule has 5 nitrogen and oxygen atoms in total. The van der Waals surface area contributed by atoms with Crippen molar-refractivity contribution in [1.82, 2.24) is 15.3 Å². The van der Waals surface area contributed by atoms with Gasteiger partial charge in [0.1, 0.15) is 4.83 Å². The van der Waals surface area contributed by atoms with E-state index in [0.29, 0.717) is 5.39 Å². The van der Waals surface area contributed by atoms with E-state index in [1.807, 2.05) is 0 Å². The fourth-order valence-corrected chi connectivity index (χ4v) is 3.69. The number of thiophene rings is 1. The van der Waals surface area contributed by atoms with E-state index in [4.69, 9.17) is 0 Å². The van der Waals surface area contributed by atoms with Crippen molar-refractivity contribution >= 4 is 28.0 Å². The van der Waals surface area contributed by atoms with Crippen molar-refractivity contribution in [2.24, 2.45) is 0 Å². The molecule has 1 amide bonds. The van der Waals surface area contributed by atoms with Crippen LogP contribution in [0.2, 0.25) is 0 Å². The minimum absolute atomic E-state index is 0.0369. The number of aromatic amines is 1. The molecule has 0 saturated heterocycles. The largest absolute Gasteiger partial charge is 0.351 e. The average Bonchev–Trinajstić information content (AvgIpc) is 2.70. The molecule has 17 heavy (non-hydrogen) atoms. The third-order valence-corrected chi connectivity index (χ3v) is 4.38. The molecule has 1 aliphatic carbocycles. The van der Waals surface area contributed by atoms with E-state index in [0.717, 1.165) is 40.9 Å². The summed E-state index contributed by atoms with van der Waals surface area (Å²) >= 11 is 1.51. The SMILES string of the molecule is O=CNC1CCCc2c1sc1nc[nH]c(=O)c21. The molecule has 2 heterocycles. The lowest BCUT2D eigenvalue weighted by molar-refractivity contribution is -0.110. The molecule has 0 aromatic carbocycles. The Morgan fingerprint density at radius 1 is 1.59 bits per heavy atom. The Hall–Kier alpha value is -1.69. The number of aromatic nitrogens is 2. The Labute approximate surface area is 101 Å². The second-order valence-corrected chi connectivity index (χ2v) is 5.12. The normalized spacial score (nSPS) is 18.9. The predicted octanol–water partition coefficient (Wildman–Crippen LogP) is 1.11. The first-order valence-electron chi connectivity index (χ1n) is 5.50. The summed E-state index contributed by atoms with van der Waals surface area (Å²) in [6.07, 6.45) is 4.95. The minimum Gasteiger partial charge on any atom is -0.351 e. The molecule has 0 saturated carbocycles. The van der Waals surface area contributed by atoms with E-state index >= 15 is 0 Å². The standard InChI is InChI=1S/C11H11N3O2S/c15-5-14-7-3-1-2-6-8-10(16)12-4-13-11(8)17-9(6)7/h4-5,7H,1-3H2,(H,14,15)(H,12,13,16). The van der Waals surface area contributed by atoms with Crippen LogP contribution in [0.5, 0.6) is 0 Å². The fourth-order valence-electron chi connectivity index (χ4n) is 2.40. The number of H-pyrrole nitrogens is 1. The minimum atomic E-state index is -0.0840. The highest BCUT2D eigenvalue weighted by molar-refractivity contribution is 7.18. The molecule has 0 fully saturated rings. The van der Waals surface area contributed by atoms with E-state index in [2.05, 4.69) is 15.3 Å². The van der Waals surface area contributed by atoms with Crippen LogP contribution in [0.15, 0.2) is 11.1 Å². The van der Waals surface area contributed by atoms with Crippen molar-refractivity contribution in [1.29, 1.82) is 0 Å². The van der Waals surface area contributed by atoms with E-state index in [1.54, 1.807) is 0 Å². The molecule has 88 valence electrons. The average molecular weight is 249 g/mol. The third kappa shape index (κ3) is 1.56. The Morgan fingerprint density at radius 3 is 3.29 bits per heavy atom. The lowest BCUT2D eigenvalue weighted by Crippen LogP contribution is -2.22. The second-order valence-electron chi connectivity index (χ2n) is 4.09. The van der Waals surface area contributed by atoms with Gasteiger partial charge in [-0.1, -0.05) is 0 Å². The van der Waals surface area contributed by atoms with Gasteiger partial charge in [-0.15, -0.1) is 11.3 Å². The van der Waals surface area contributed by atoms with Crippen LogP contribution in [0.25, 0.3) is 10.2 Å². The van der Waals surface area contributed by atoms with E-state index in [-0.39, 0.29) is 11.6 Å². The number of rotatable bonds is 2. The lowest BCUT2D eigenvalue weighted by Gasteiger charge is -2.21. The number of amides is 1. The molecule has 0 spiro atoms. The van der Waals surface area contributed by atoms with Gasteiger partial charge in [-0.3, -0.25) is 9.59 Å². The summed E-state index contributed by atoms with van der Waals surface area (Å²) in [5.41, 5.74) is 0.976. The number of hydrogen-bond acceptors (Lipinski definition) is 4. The van der Waals surface area contributed by atoms with Gasteiger partial charge < -0.3 is 10.3 Å². The van der Waals surface area contributed by atoms with Crippen LogP contribution < -0.4 is 10.9 Å². The van der Waals surface area contributed by atoms with Crippen molar-refractivity contribution in [3.8, 4) is 0 Å². The molecule has 1 aliphatic rings. The number of nitrogens with zero attached hydrogens (tertiary/aromatic N) is 1. The quantitative estimate of drug-likeness (QED) is 0.783. The lowest BCUT2D eigenvalue weighted by atomic mass is 9.93. The zero-order valence-electron chi connectivity index (χ0n) is 9.03. The van der Waals surface area contributed by atoms with E-state index < -0.39 is 0 Å². The summed E-state index contributed by atoms with van der Waals surface area (Å²) in [6.45, 7) is 0. The Morgan fingerprint density at radius 2 is 2.47 bits per heavy atom. The maximum absolute atomic E-state index is 11.8. The maximum atomic E-state index is 11.8. The third-order valence-electron chi connectivity index (χ3n) is 3.13. The van der Waals surface area contributed by atoms with Crippen LogP contribution in [-0.2, 0) is 11.2 Å². The molecule has 2 aromatic rings. The van der Waals surface area contributed by atoms with E-state index in [1.165, 1.54) is 17.7 Å². The maximum Gasteiger partial charge on any atom is 0.259 e. The molecular weight excluding hydrogens is 238 g/mol. The van der Waals surface area contributed by atoms with Gasteiger partial charge in [0.05, 0.1) is 17.8 Å². The monoisotopic (exact) mass is 249 g/mol. The highest BCUT2D eigenvalue weighted by atomic mass is 32.1. The zero-order chi connectivity index (χ0) is 11.8. The van der Waals surface area contributed by atoms with Gasteiger partial charge in [0.25, 0.3) is 5.56 Å². The number of fused-ring (bicyclic) bond motifs is 3. The summed E-state index contributed by atoms with van der Waals surface area (Å²) in [5, 5.41) is 3.51. The predicted molar refractivity (Wildman–Crippen MR) is 65.1 cm³/mol. The fraction of sp³-hybridized carbons (Fsp3) is 0.364. The summed E-state index contributed by atoms with van der Waals surface area (Å²) in [6, 6.07) is 0.0369. The van der Waals surface area contributed by atoms with Gasteiger partial charge in [0.2, 0.25) is 6.41 Å². The van der Waals surface area contributed by atoms with Crippen LogP contribution in [-0.4, -0.2) is 16.4 Å². The van der Waals surface area contributed by atoms with Crippen LogP contribution in [0.3, 0.4) is 0 Å². The highest BCUT2D eigenvalue weighted by Crippen LogP contribution is 2.38. The van der Waals surface area contributed by atoms with Crippen molar-refractivity contribution in [3.63, 3.8) is 0 Å². The Balaban J connectivity index is 2.25. The van der Waals surface area contributed by atoms with Gasteiger partial charge in [-0.05, 0) is 24.8 Å². The molecule has 0 radical (unpaired) electrons.